The van der Waals surface area contributed by atoms with Crippen molar-refractivity contribution in [3.05, 3.63) is 22.4 Å². The second-order valence-electron chi connectivity index (χ2n) is 3.76. The van der Waals surface area contributed by atoms with Gasteiger partial charge in [0.1, 0.15) is 11.9 Å². The van der Waals surface area contributed by atoms with Gasteiger partial charge in [-0.1, -0.05) is 0 Å². The predicted octanol–water partition coefficient (Wildman–Crippen LogP) is 2.73. The van der Waals surface area contributed by atoms with E-state index in [-0.39, 0.29) is 11.9 Å². The predicted molar refractivity (Wildman–Crippen MR) is 63.0 cm³/mol. The van der Waals surface area contributed by atoms with E-state index >= 15 is 0 Å². The lowest BCUT2D eigenvalue weighted by atomic mass is 10.2. The van der Waals surface area contributed by atoms with Crippen molar-refractivity contribution < 1.29 is 13.9 Å². The number of nitrogens with two attached hydrogens (primary N) is 1. The van der Waals surface area contributed by atoms with Crippen LogP contribution in [-0.4, -0.2) is 19.3 Å². The molecule has 0 bridgehead atoms. The molecule has 0 aromatic heterocycles. The maximum absolute atomic E-state index is 13.0. The fraction of sp³-hybridized carbons (Fsp3) is 0.455. The third-order valence-electron chi connectivity index (χ3n) is 2.44. The Labute approximate surface area is 102 Å². The topological polar surface area (TPSA) is 44.5 Å². The van der Waals surface area contributed by atoms with E-state index in [0.717, 1.165) is 19.4 Å². The van der Waals surface area contributed by atoms with Crippen LogP contribution in [0, 0.1) is 5.82 Å². The first-order valence-corrected chi connectivity index (χ1v) is 5.95. The zero-order valence-electron chi connectivity index (χ0n) is 8.71. The van der Waals surface area contributed by atoms with Gasteiger partial charge in [-0.2, -0.15) is 0 Å². The molecule has 0 radical (unpaired) electrons. The van der Waals surface area contributed by atoms with Crippen molar-refractivity contribution in [2.45, 2.75) is 18.9 Å². The van der Waals surface area contributed by atoms with Crippen molar-refractivity contribution in [3.8, 4) is 5.75 Å². The number of rotatable bonds is 2. The van der Waals surface area contributed by atoms with Gasteiger partial charge in [0.2, 0.25) is 0 Å². The summed E-state index contributed by atoms with van der Waals surface area (Å²) in [6, 6.07) is 2.60. The largest absolute Gasteiger partial charge is 0.485 e. The number of halogens is 2. The molecule has 3 nitrogen and oxygen atoms in total. The average molecular weight is 290 g/mol. The van der Waals surface area contributed by atoms with Crippen LogP contribution in [0.15, 0.2) is 16.6 Å². The first-order valence-electron chi connectivity index (χ1n) is 5.16. The van der Waals surface area contributed by atoms with Crippen LogP contribution in [0.3, 0.4) is 0 Å². The summed E-state index contributed by atoms with van der Waals surface area (Å²) in [5, 5.41) is 0. The van der Waals surface area contributed by atoms with E-state index in [1.807, 2.05) is 0 Å². The smallest absolute Gasteiger partial charge is 0.157 e. The first kappa shape index (κ1) is 11.7. The minimum atomic E-state index is -0.378. The highest BCUT2D eigenvalue weighted by Gasteiger charge is 2.18. The van der Waals surface area contributed by atoms with Crippen molar-refractivity contribution in [1.82, 2.24) is 0 Å². The van der Waals surface area contributed by atoms with Gasteiger partial charge >= 0.3 is 0 Å². The van der Waals surface area contributed by atoms with Crippen molar-refractivity contribution in [2.24, 2.45) is 0 Å². The molecule has 1 aromatic rings. The molecule has 1 heterocycles. The standard InChI is InChI=1S/C11H13BrFNO2/c12-9-4-7(13)5-10(14)11(9)16-8-2-1-3-15-6-8/h4-5,8H,1-3,6,14H2. The van der Waals surface area contributed by atoms with E-state index in [0.29, 0.717) is 22.5 Å². The monoisotopic (exact) mass is 289 g/mol. The van der Waals surface area contributed by atoms with Gasteiger partial charge in [0, 0.05) is 12.7 Å². The van der Waals surface area contributed by atoms with Gasteiger partial charge in [-0.05, 0) is 34.8 Å². The Morgan fingerprint density at radius 3 is 2.94 bits per heavy atom. The van der Waals surface area contributed by atoms with Gasteiger partial charge in [0.25, 0.3) is 0 Å². The van der Waals surface area contributed by atoms with E-state index in [9.17, 15) is 4.39 Å². The second kappa shape index (κ2) is 5.01. The Kier molecular flexibility index (Phi) is 3.66. The third-order valence-corrected chi connectivity index (χ3v) is 3.03. The Morgan fingerprint density at radius 1 is 1.50 bits per heavy atom. The lowest BCUT2D eigenvalue weighted by Gasteiger charge is -2.24. The molecule has 1 saturated heterocycles. The fourth-order valence-electron chi connectivity index (χ4n) is 1.68. The van der Waals surface area contributed by atoms with E-state index in [1.165, 1.54) is 12.1 Å². The van der Waals surface area contributed by atoms with Crippen LogP contribution in [0.25, 0.3) is 0 Å². The molecule has 1 unspecified atom stereocenters. The Balaban J connectivity index is 2.14. The van der Waals surface area contributed by atoms with Crippen LogP contribution in [0.2, 0.25) is 0 Å². The van der Waals surface area contributed by atoms with E-state index in [4.69, 9.17) is 15.2 Å². The maximum Gasteiger partial charge on any atom is 0.157 e. The SMILES string of the molecule is Nc1cc(F)cc(Br)c1OC1CCCOC1. The molecule has 1 atom stereocenters. The molecule has 5 heteroatoms. The molecular formula is C11H13BrFNO2. The number of hydrogen-bond acceptors (Lipinski definition) is 3. The number of anilines is 1. The Bertz CT molecular complexity index is 357. The van der Waals surface area contributed by atoms with Crippen LogP contribution >= 0.6 is 15.9 Å². The molecule has 2 rings (SSSR count). The lowest BCUT2D eigenvalue weighted by Crippen LogP contribution is -2.28. The van der Waals surface area contributed by atoms with E-state index in [1.54, 1.807) is 0 Å². The third kappa shape index (κ3) is 2.65. The molecule has 0 spiro atoms. The highest BCUT2D eigenvalue weighted by atomic mass is 79.9. The molecule has 0 amide bonds. The first-order chi connectivity index (χ1) is 7.66. The maximum atomic E-state index is 13.0. The summed E-state index contributed by atoms with van der Waals surface area (Å²) in [6.07, 6.45) is 1.91. The molecule has 0 aliphatic carbocycles. The van der Waals surface area contributed by atoms with Gasteiger partial charge in [0.15, 0.2) is 5.75 Å². The highest BCUT2D eigenvalue weighted by Crippen LogP contribution is 2.33. The quantitative estimate of drug-likeness (QED) is 0.852. The van der Waals surface area contributed by atoms with Gasteiger partial charge in [-0.15, -0.1) is 0 Å². The minimum absolute atomic E-state index is 0.00203. The van der Waals surface area contributed by atoms with Gasteiger partial charge in [0.05, 0.1) is 16.8 Å². The van der Waals surface area contributed by atoms with Gasteiger partial charge < -0.3 is 15.2 Å². The van der Waals surface area contributed by atoms with Crippen molar-refractivity contribution in [2.75, 3.05) is 18.9 Å². The number of ether oxygens (including phenoxy) is 2. The Morgan fingerprint density at radius 2 is 2.31 bits per heavy atom. The molecule has 1 aliphatic heterocycles. The number of hydrogen-bond donors (Lipinski definition) is 1. The summed E-state index contributed by atoms with van der Waals surface area (Å²) in [5.74, 6) is 0.119. The molecule has 88 valence electrons. The summed E-state index contributed by atoms with van der Waals surface area (Å²) in [7, 11) is 0. The summed E-state index contributed by atoms with van der Waals surface area (Å²) in [6.45, 7) is 1.34. The zero-order chi connectivity index (χ0) is 11.5. The van der Waals surface area contributed by atoms with E-state index in [2.05, 4.69) is 15.9 Å². The van der Waals surface area contributed by atoms with Crippen molar-refractivity contribution in [1.29, 1.82) is 0 Å². The molecular weight excluding hydrogens is 277 g/mol. The Hall–Kier alpha value is -0.810. The van der Waals surface area contributed by atoms with Crippen LogP contribution in [0.1, 0.15) is 12.8 Å². The molecule has 1 fully saturated rings. The average Bonchev–Trinajstić information content (AvgIpc) is 2.25. The summed E-state index contributed by atoms with van der Waals surface area (Å²) < 4.78 is 24.5. The van der Waals surface area contributed by atoms with Crippen LogP contribution < -0.4 is 10.5 Å². The van der Waals surface area contributed by atoms with E-state index < -0.39 is 0 Å². The zero-order valence-corrected chi connectivity index (χ0v) is 10.3. The van der Waals surface area contributed by atoms with Gasteiger partial charge in [-0.3, -0.25) is 0 Å². The lowest BCUT2D eigenvalue weighted by molar-refractivity contribution is 0.00742. The van der Waals surface area contributed by atoms with Gasteiger partial charge in [-0.25, -0.2) is 4.39 Å². The molecule has 16 heavy (non-hydrogen) atoms. The summed E-state index contributed by atoms with van der Waals surface area (Å²) in [4.78, 5) is 0. The number of nitrogen functional groups attached to an aromatic ring is 1. The summed E-state index contributed by atoms with van der Waals surface area (Å²) in [5.41, 5.74) is 6.01. The summed E-state index contributed by atoms with van der Waals surface area (Å²) >= 11 is 3.24. The van der Waals surface area contributed by atoms with Crippen LogP contribution in [0.5, 0.6) is 5.75 Å². The second-order valence-corrected chi connectivity index (χ2v) is 4.62. The molecule has 1 aromatic carbocycles. The highest BCUT2D eigenvalue weighted by molar-refractivity contribution is 9.10. The van der Waals surface area contributed by atoms with Crippen LogP contribution in [-0.2, 0) is 4.74 Å². The normalized spacial score (nSPS) is 20.8. The molecule has 1 aliphatic rings. The number of benzene rings is 1. The molecule has 2 N–H and O–H groups in total. The minimum Gasteiger partial charge on any atom is -0.485 e. The fourth-order valence-corrected chi connectivity index (χ4v) is 2.22. The molecule has 0 saturated carbocycles. The van der Waals surface area contributed by atoms with Crippen molar-refractivity contribution in [3.63, 3.8) is 0 Å². The van der Waals surface area contributed by atoms with Crippen molar-refractivity contribution >= 4 is 21.6 Å². The van der Waals surface area contributed by atoms with Crippen LogP contribution in [0.4, 0.5) is 10.1 Å².